The van der Waals surface area contributed by atoms with Crippen molar-refractivity contribution >= 4 is 7.98 Å². The van der Waals surface area contributed by atoms with E-state index in [0.717, 1.165) is 4.08 Å². The van der Waals surface area contributed by atoms with Crippen molar-refractivity contribution in [2.45, 2.75) is 0 Å². The Morgan fingerprint density at radius 3 is 2.29 bits per heavy atom. The molecule has 0 aliphatic carbocycles. The molecule has 0 atom stereocenters. The van der Waals surface area contributed by atoms with E-state index in [-0.39, 0.29) is 0 Å². The van der Waals surface area contributed by atoms with Gasteiger partial charge in [-0.1, -0.05) is 0 Å². The standard InChI is InChI=1S/C4H2O.2W/c1-2-4-5-3-1;;/h1,3H;;. The summed E-state index contributed by atoms with van der Waals surface area (Å²) in [5, 5.41) is 0. The second-order valence-corrected chi connectivity index (χ2v) is 3.98. The summed E-state index contributed by atoms with van der Waals surface area (Å²) < 4.78 is 7.50. The van der Waals surface area contributed by atoms with Crippen molar-refractivity contribution < 1.29 is 43.4 Å². The van der Waals surface area contributed by atoms with E-state index in [4.69, 9.17) is 4.74 Å². The molecule has 0 radical (unpaired) electrons. The van der Waals surface area contributed by atoms with Gasteiger partial charge in [0, 0.05) is 0 Å². The van der Waals surface area contributed by atoms with Gasteiger partial charge in [0.25, 0.3) is 0 Å². The van der Waals surface area contributed by atoms with Gasteiger partial charge in [-0.05, 0) is 0 Å². The Morgan fingerprint density at radius 1 is 1.43 bits per heavy atom. The van der Waals surface area contributed by atoms with Gasteiger partial charge in [0.15, 0.2) is 0 Å². The number of hydrogen-bond donors (Lipinski definition) is 0. The fraction of sp³-hybridized carbons (Fsp3) is 0. The maximum absolute atomic E-state index is 5.02. The third kappa shape index (κ3) is 1.27. The van der Waals surface area contributed by atoms with E-state index >= 15 is 0 Å². The number of rotatable bonds is 0. The van der Waals surface area contributed by atoms with Crippen LogP contribution in [0, 0.1) is 0 Å². The minimum absolute atomic E-state index is 1.13. The summed E-state index contributed by atoms with van der Waals surface area (Å²) in [7, 11) is 0. The number of hydrogen-bond acceptors (Lipinski definition) is 1. The van der Waals surface area contributed by atoms with Crippen LogP contribution < -0.4 is 0 Å². The van der Waals surface area contributed by atoms with E-state index in [2.05, 4.69) is 0 Å². The van der Waals surface area contributed by atoms with E-state index in [9.17, 15) is 0 Å². The Bertz CT molecular complexity index is 148. The first-order valence-corrected chi connectivity index (χ1v) is 4.65. The Balaban J connectivity index is 2.81. The third-order valence-electron chi connectivity index (χ3n) is 0.596. The Kier molecular flexibility index (Phi) is 1.89. The summed E-state index contributed by atoms with van der Waals surface area (Å²) in [5.74, 6) is 0. The van der Waals surface area contributed by atoms with E-state index in [0.29, 0.717) is 0 Å². The second kappa shape index (κ2) is 2.28. The van der Waals surface area contributed by atoms with Crippen molar-refractivity contribution in [1.82, 2.24) is 0 Å². The molecule has 7 heavy (non-hydrogen) atoms. The molecule has 3 heteroatoms. The molecule has 0 aromatic carbocycles. The Morgan fingerprint density at radius 2 is 2.14 bits per heavy atom. The molecule has 1 rings (SSSR count). The fourth-order valence-electron chi connectivity index (χ4n) is 0.284. The predicted octanol–water partition coefficient (Wildman–Crippen LogP) is -0.0738. The summed E-state index contributed by atoms with van der Waals surface area (Å²) in [6, 6.07) is 0. The zero-order chi connectivity index (χ0) is 5.28. The molecule has 0 unspecified atom stereocenters. The molecule has 0 spiro atoms. The van der Waals surface area contributed by atoms with E-state index < -0.39 is 0 Å². The van der Waals surface area contributed by atoms with Crippen LogP contribution in [0.2, 0.25) is 0 Å². The van der Waals surface area contributed by atoms with Crippen LogP contribution in [0.15, 0.2) is 12.3 Å². The number of ether oxygens (including phenoxy) is 1. The maximum atomic E-state index is 5.02. The first-order valence-electron chi connectivity index (χ1n) is 1.72. The van der Waals surface area contributed by atoms with Crippen molar-refractivity contribution in [3.63, 3.8) is 0 Å². The van der Waals surface area contributed by atoms with Crippen LogP contribution in [0.4, 0.5) is 0 Å². The Labute approximate surface area is 63.6 Å². The summed E-state index contributed by atoms with van der Waals surface area (Å²) in [6.45, 7) is 0. The van der Waals surface area contributed by atoms with Crippen LogP contribution in [0.3, 0.4) is 0 Å². The van der Waals surface area contributed by atoms with Crippen LogP contribution in [0.5, 0.6) is 0 Å². The second-order valence-electron chi connectivity index (χ2n) is 1.07. The van der Waals surface area contributed by atoms with Crippen molar-refractivity contribution in [1.29, 1.82) is 0 Å². The average molecular weight is 434 g/mol. The third-order valence-corrected chi connectivity index (χ3v) is 4.90. The molecule has 0 bridgehead atoms. The molecule has 0 N–H and O–H groups in total. The van der Waals surface area contributed by atoms with Gasteiger partial charge in [0.05, 0.1) is 0 Å². The predicted molar refractivity (Wildman–Crippen MR) is 20.2 cm³/mol. The van der Waals surface area contributed by atoms with Crippen LogP contribution >= 0.6 is 0 Å². The van der Waals surface area contributed by atoms with Crippen molar-refractivity contribution in [3.8, 4) is 0 Å². The van der Waals surface area contributed by atoms with Gasteiger partial charge in [-0.15, -0.1) is 0 Å². The van der Waals surface area contributed by atoms with Crippen molar-refractivity contribution in [2.75, 3.05) is 0 Å². The molecular formula is C4H2OW2. The van der Waals surface area contributed by atoms with Crippen LogP contribution in [0.1, 0.15) is 0 Å². The molecule has 36 valence electrons. The summed E-state index contributed by atoms with van der Waals surface area (Å²) >= 11 is 2.92. The van der Waals surface area contributed by atoms with Crippen LogP contribution in [-0.4, -0.2) is 7.98 Å². The van der Waals surface area contributed by atoms with Gasteiger partial charge in [-0.25, -0.2) is 0 Å². The first kappa shape index (κ1) is 5.79. The van der Waals surface area contributed by atoms with Crippen molar-refractivity contribution in [2.24, 2.45) is 0 Å². The molecule has 1 heterocycles. The first-order chi connectivity index (χ1) is 3.30. The zero-order valence-electron chi connectivity index (χ0n) is 3.38. The fourth-order valence-corrected chi connectivity index (χ4v) is 1.10. The van der Waals surface area contributed by atoms with Gasteiger partial charge in [0.1, 0.15) is 0 Å². The molecule has 0 saturated carbocycles. The van der Waals surface area contributed by atoms with Gasteiger partial charge < -0.3 is 0 Å². The monoisotopic (exact) mass is 434 g/mol. The normalized spacial score (nSPS) is 17.7. The SMILES string of the molecule is [W]=[C]1C=CO[C]1=[W]. The zero-order valence-corrected chi connectivity index (χ0v) is 9.25. The molecule has 0 fully saturated rings. The molecule has 1 nitrogen and oxygen atoms in total. The van der Waals surface area contributed by atoms with Crippen LogP contribution in [0.25, 0.3) is 0 Å². The van der Waals surface area contributed by atoms with E-state index in [1.165, 1.54) is 42.6 Å². The van der Waals surface area contributed by atoms with Gasteiger partial charge in [-0.2, -0.15) is 0 Å². The molecule has 0 aromatic heterocycles. The molecule has 1 aliphatic rings. The van der Waals surface area contributed by atoms with Gasteiger partial charge in [0.2, 0.25) is 0 Å². The average Bonchev–Trinajstić information content (AvgIpc) is 1.91. The van der Waals surface area contributed by atoms with Gasteiger partial charge >= 0.3 is 63.8 Å². The topological polar surface area (TPSA) is 9.23 Å². The van der Waals surface area contributed by atoms with E-state index in [1.807, 2.05) is 6.08 Å². The minimum atomic E-state index is 1.13. The summed E-state index contributed by atoms with van der Waals surface area (Å²) in [6.07, 6.45) is 3.75. The summed E-state index contributed by atoms with van der Waals surface area (Å²) in [4.78, 5) is 0. The molecule has 1 aliphatic heterocycles. The quantitative estimate of drug-likeness (QED) is 0.520. The summed E-state index contributed by atoms with van der Waals surface area (Å²) in [5.41, 5.74) is 0. The van der Waals surface area contributed by atoms with E-state index in [1.54, 1.807) is 6.26 Å². The Hall–Kier alpha value is 0.657. The molecular weight excluding hydrogens is 432 g/mol. The van der Waals surface area contributed by atoms with Gasteiger partial charge in [-0.3, -0.25) is 0 Å². The molecule has 0 saturated heterocycles. The molecule has 0 amide bonds. The van der Waals surface area contributed by atoms with Crippen LogP contribution in [-0.2, 0) is 43.4 Å². The molecule has 0 aromatic rings. The van der Waals surface area contributed by atoms with Crippen molar-refractivity contribution in [3.05, 3.63) is 12.3 Å².